The van der Waals surface area contributed by atoms with E-state index in [-0.39, 0.29) is 5.82 Å². The average molecular weight is 324 g/mol. The fraction of sp³-hybridized carbons (Fsp3) is 0.588. The maximum Gasteiger partial charge on any atom is 0.190 e. The molecule has 23 heavy (non-hydrogen) atoms. The van der Waals surface area contributed by atoms with Crippen molar-refractivity contribution in [3.05, 3.63) is 30.1 Å². The zero-order valence-electron chi connectivity index (χ0n) is 14.4. The predicted molar refractivity (Wildman–Crippen MR) is 94.8 cm³/mol. The number of hydrogen-bond acceptors (Lipinski definition) is 3. The minimum Gasteiger partial charge on any atom is -0.382 e. The van der Waals surface area contributed by atoms with Crippen molar-refractivity contribution in [2.24, 2.45) is 4.99 Å². The highest BCUT2D eigenvalue weighted by molar-refractivity contribution is 5.79. The van der Waals surface area contributed by atoms with Gasteiger partial charge in [0, 0.05) is 46.9 Å². The number of anilines is 1. The molecule has 1 rings (SSSR count). The van der Waals surface area contributed by atoms with E-state index in [2.05, 4.69) is 15.6 Å². The van der Waals surface area contributed by atoms with E-state index in [1.807, 2.05) is 24.9 Å². The van der Waals surface area contributed by atoms with Crippen molar-refractivity contribution in [3.63, 3.8) is 0 Å². The number of nitrogens with zero attached hydrogens (tertiary/aromatic N) is 2. The van der Waals surface area contributed by atoms with Gasteiger partial charge in [0.25, 0.3) is 0 Å². The number of halogens is 1. The molecule has 0 aliphatic rings. The Morgan fingerprint density at radius 2 is 1.91 bits per heavy atom. The van der Waals surface area contributed by atoms with Crippen LogP contribution in [-0.4, -0.2) is 52.9 Å². The molecule has 0 amide bonds. The van der Waals surface area contributed by atoms with Crippen molar-refractivity contribution in [2.75, 3.05) is 51.8 Å². The summed E-state index contributed by atoms with van der Waals surface area (Å²) in [7, 11) is 3.66. The quantitative estimate of drug-likeness (QED) is 0.394. The third-order valence-corrected chi connectivity index (χ3v) is 3.41. The Balaban J connectivity index is 2.18. The number of hydrogen-bond donors (Lipinski definition) is 2. The molecule has 130 valence electrons. The van der Waals surface area contributed by atoms with E-state index in [1.165, 1.54) is 6.07 Å². The molecule has 0 saturated carbocycles. The fourth-order valence-electron chi connectivity index (χ4n) is 2.15. The highest BCUT2D eigenvalue weighted by Crippen LogP contribution is 2.16. The van der Waals surface area contributed by atoms with Crippen LogP contribution in [0, 0.1) is 5.82 Å². The van der Waals surface area contributed by atoms with Gasteiger partial charge in [-0.2, -0.15) is 0 Å². The van der Waals surface area contributed by atoms with Gasteiger partial charge in [-0.15, -0.1) is 0 Å². The average Bonchev–Trinajstić information content (AvgIpc) is 2.56. The Bertz CT molecular complexity index is 468. The summed E-state index contributed by atoms with van der Waals surface area (Å²) < 4.78 is 19.0. The maximum absolute atomic E-state index is 13.7. The van der Waals surface area contributed by atoms with E-state index < -0.39 is 0 Å². The lowest BCUT2D eigenvalue weighted by atomic mass is 10.2. The molecule has 5 nitrogen and oxygen atoms in total. The van der Waals surface area contributed by atoms with Gasteiger partial charge in [-0.05, 0) is 31.9 Å². The molecule has 0 aromatic heterocycles. The summed E-state index contributed by atoms with van der Waals surface area (Å²) in [5.41, 5.74) is 0.630. The highest BCUT2D eigenvalue weighted by atomic mass is 19.1. The summed E-state index contributed by atoms with van der Waals surface area (Å²) in [6.45, 7) is 5.89. The van der Waals surface area contributed by atoms with Crippen molar-refractivity contribution in [1.82, 2.24) is 10.6 Å². The summed E-state index contributed by atoms with van der Waals surface area (Å²) in [5.74, 6) is 0.602. The molecule has 0 aliphatic carbocycles. The SMILES string of the molecule is CCOCCCNC(=NC)NCCCN(C)c1ccccc1F. The number of aliphatic imine (C=N–C) groups is 1. The largest absolute Gasteiger partial charge is 0.382 e. The molecule has 0 radical (unpaired) electrons. The molecule has 0 spiro atoms. The third-order valence-electron chi connectivity index (χ3n) is 3.41. The first-order chi connectivity index (χ1) is 11.2. The summed E-state index contributed by atoms with van der Waals surface area (Å²) in [5, 5.41) is 6.50. The van der Waals surface area contributed by atoms with Crippen molar-refractivity contribution in [3.8, 4) is 0 Å². The van der Waals surface area contributed by atoms with E-state index in [0.717, 1.165) is 51.6 Å². The predicted octanol–water partition coefficient (Wildman–Crippen LogP) is 2.24. The minimum absolute atomic E-state index is 0.185. The molecule has 0 aliphatic heterocycles. The van der Waals surface area contributed by atoms with Gasteiger partial charge in [0.1, 0.15) is 5.82 Å². The van der Waals surface area contributed by atoms with Crippen LogP contribution < -0.4 is 15.5 Å². The molecular formula is C17H29FN4O. The zero-order valence-corrected chi connectivity index (χ0v) is 14.4. The Hall–Kier alpha value is -1.82. The topological polar surface area (TPSA) is 48.9 Å². The van der Waals surface area contributed by atoms with Gasteiger partial charge < -0.3 is 20.3 Å². The van der Waals surface area contributed by atoms with E-state index in [0.29, 0.717) is 5.69 Å². The molecule has 0 unspecified atom stereocenters. The highest BCUT2D eigenvalue weighted by Gasteiger charge is 2.05. The number of ether oxygens (including phenoxy) is 1. The Kier molecular flexibility index (Phi) is 9.79. The second-order valence-corrected chi connectivity index (χ2v) is 5.20. The Morgan fingerprint density at radius 3 is 2.57 bits per heavy atom. The van der Waals surface area contributed by atoms with Crippen LogP contribution in [0.25, 0.3) is 0 Å². The van der Waals surface area contributed by atoms with Crippen LogP contribution in [0.2, 0.25) is 0 Å². The van der Waals surface area contributed by atoms with E-state index in [1.54, 1.807) is 19.2 Å². The smallest absolute Gasteiger partial charge is 0.190 e. The summed E-state index contributed by atoms with van der Waals surface area (Å²) in [6.07, 6.45) is 1.84. The van der Waals surface area contributed by atoms with Gasteiger partial charge in [-0.3, -0.25) is 4.99 Å². The van der Waals surface area contributed by atoms with Gasteiger partial charge >= 0.3 is 0 Å². The van der Waals surface area contributed by atoms with E-state index >= 15 is 0 Å². The standard InChI is InChI=1S/C17H29FN4O/c1-4-23-14-8-12-21-17(19-2)20-11-7-13-22(3)16-10-6-5-9-15(16)18/h5-6,9-10H,4,7-8,11-14H2,1-3H3,(H2,19,20,21). The van der Waals surface area contributed by atoms with E-state index in [9.17, 15) is 4.39 Å². The number of guanidine groups is 1. The Morgan fingerprint density at radius 1 is 1.22 bits per heavy atom. The van der Waals surface area contributed by atoms with Gasteiger partial charge in [0.15, 0.2) is 5.96 Å². The first-order valence-corrected chi connectivity index (χ1v) is 8.17. The van der Waals surface area contributed by atoms with Crippen molar-refractivity contribution >= 4 is 11.6 Å². The van der Waals surface area contributed by atoms with Gasteiger partial charge in [0.2, 0.25) is 0 Å². The van der Waals surface area contributed by atoms with Crippen LogP contribution >= 0.6 is 0 Å². The second kappa shape index (κ2) is 11.7. The zero-order chi connectivity index (χ0) is 16.9. The molecule has 0 fully saturated rings. The molecular weight excluding hydrogens is 295 g/mol. The number of rotatable bonds is 10. The van der Waals surface area contributed by atoms with E-state index in [4.69, 9.17) is 4.74 Å². The molecule has 1 aromatic carbocycles. The summed E-state index contributed by atoms with van der Waals surface area (Å²) in [4.78, 5) is 6.10. The number of nitrogens with one attached hydrogen (secondary N) is 2. The van der Waals surface area contributed by atoms with Crippen LogP contribution in [0.4, 0.5) is 10.1 Å². The normalized spacial score (nSPS) is 11.4. The van der Waals surface area contributed by atoms with Crippen molar-refractivity contribution < 1.29 is 9.13 Å². The van der Waals surface area contributed by atoms with Crippen molar-refractivity contribution in [2.45, 2.75) is 19.8 Å². The molecule has 6 heteroatoms. The lowest BCUT2D eigenvalue weighted by Crippen LogP contribution is -2.39. The molecule has 0 bridgehead atoms. The first-order valence-electron chi connectivity index (χ1n) is 8.17. The van der Waals surface area contributed by atoms with Gasteiger partial charge in [-0.1, -0.05) is 12.1 Å². The lowest BCUT2D eigenvalue weighted by molar-refractivity contribution is 0.145. The van der Waals surface area contributed by atoms with Crippen LogP contribution in [0.1, 0.15) is 19.8 Å². The van der Waals surface area contributed by atoms with Crippen molar-refractivity contribution in [1.29, 1.82) is 0 Å². The molecule has 1 aromatic rings. The van der Waals surface area contributed by atoms with Crippen LogP contribution in [0.15, 0.2) is 29.3 Å². The molecule has 0 atom stereocenters. The summed E-state index contributed by atoms with van der Waals surface area (Å²) in [6, 6.07) is 6.83. The summed E-state index contributed by atoms with van der Waals surface area (Å²) >= 11 is 0. The Labute approximate surface area is 138 Å². The number of para-hydroxylation sites is 1. The fourth-order valence-corrected chi connectivity index (χ4v) is 2.15. The van der Waals surface area contributed by atoms with Gasteiger partial charge in [-0.25, -0.2) is 4.39 Å². The number of benzene rings is 1. The van der Waals surface area contributed by atoms with Crippen LogP contribution in [-0.2, 0) is 4.74 Å². The molecule has 2 N–H and O–H groups in total. The van der Waals surface area contributed by atoms with Crippen LogP contribution in [0.3, 0.4) is 0 Å². The minimum atomic E-state index is -0.185. The molecule has 0 heterocycles. The first kappa shape index (κ1) is 19.2. The van der Waals surface area contributed by atoms with Gasteiger partial charge in [0.05, 0.1) is 5.69 Å². The molecule has 0 saturated heterocycles. The lowest BCUT2D eigenvalue weighted by Gasteiger charge is -2.20. The second-order valence-electron chi connectivity index (χ2n) is 5.20. The third kappa shape index (κ3) is 7.83. The van der Waals surface area contributed by atoms with Crippen LogP contribution in [0.5, 0.6) is 0 Å². The monoisotopic (exact) mass is 324 g/mol. The maximum atomic E-state index is 13.7.